The van der Waals surface area contributed by atoms with Crippen molar-refractivity contribution in [2.45, 2.75) is 25.7 Å². The number of likely N-dealkylation sites (tertiary alicyclic amines) is 1. The van der Waals surface area contributed by atoms with Crippen LogP contribution >= 0.6 is 11.8 Å². The SMILES string of the molecule is N#CCSCC(=O)N1CCCC(CCC(=O)O)C1. The van der Waals surface area contributed by atoms with Crippen LogP contribution in [0.25, 0.3) is 0 Å². The molecule has 1 atom stereocenters. The van der Waals surface area contributed by atoms with Gasteiger partial charge >= 0.3 is 5.97 Å². The summed E-state index contributed by atoms with van der Waals surface area (Å²) in [7, 11) is 0. The minimum absolute atomic E-state index is 0.0651. The van der Waals surface area contributed by atoms with Crippen LogP contribution in [0.4, 0.5) is 0 Å². The number of carbonyl (C=O) groups excluding carboxylic acids is 1. The molecule has 1 rings (SSSR count). The number of carbonyl (C=O) groups is 2. The van der Waals surface area contributed by atoms with Gasteiger partial charge in [0, 0.05) is 19.5 Å². The van der Waals surface area contributed by atoms with Crippen molar-refractivity contribution in [2.24, 2.45) is 5.92 Å². The van der Waals surface area contributed by atoms with Crippen molar-refractivity contribution in [2.75, 3.05) is 24.6 Å². The highest BCUT2D eigenvalue weighted by molar-refractivity contribution is 8.00. The lowest BCUT2D eigenvalue weighted by Gasteiger charge is -2.32. The predicted octanol–water partition coefficient (Wildman–Crippen LogP) is 1.35. The third-order valence-electron chi connectivity index (χ3n) is 3.03. The average molecular weight is 270 g/mol. The van der Waals surface area contributed by atoms with Gasteiger partial charge in [0.2, 0.25) is 5.91 Å². The van der Waals surface area contributed by atoms with Crippen molar-refractivity contribution in [3.8, 4) is 6.07 Å². The molecule has 0 aromatic heterocycles. The second kappa shape index (κ2) is 7.98. The van der Waals surface area contributed by atoms with E-state index in [2.05, 4.69) is 0 Å². The molecule has 1 saturated heterocycles. The molecule has 0 saturated carbocycles. The van der Waals surface area contributed by atoms with Crippen LogP contribution in [-0.4, -0.2) is 46.5 Å². The Morgan fingerprint density at radius 2 is 2.28 bits per heavy atom. The van der Waals surface area contributed by atoms with Crippen LogP contribution in [0.3, 0.4) is 0 Å². The smallest absolute Gasteiger partial charge is 0.303 e. The molecule has 1 heterocycles. The van der Waals surface area contributed by atoms with Gasteiger partial charge in [-0.25, -0.2) is 0 Å². The lowest BCUT2D eigenvalue weighted by molar-refractivity contribution is -0.137. The zero-order valence-electron chi connectivity index (χ0n) is 10.3. The van der Waals surface area contributed by atoms with Gasteiger partial charge in [0.25, 0.3) is 0 Å². The van der Waals surface area contributed by atoms with Gasteiger partial charge in [0.05, 0.1) is 17.6 Å². The van der Waals surface area contributed by atoms with E-state index in [-0.39, 0.29) is 12.3 Å². The first-order chi connectivity index (χ1) is 8.63. The van der Waals surface area contributed by atoms with E-state index in [0.717, 1.165) is 19.4 Å². The van der Waals surface area contributed by atoms with Crippen LogP contribution in [0.15, 0.2) is 0 Å². The van der Waals surface area contributed by atoms with Crippen molar-refractivity contribution in [1.82, 2.24) is 4.90 Å². The van der Waals surface area contributed by atoms with Crippen molar-refractivity contribution in [1.29, 1.82) is 5.26 Å². The number of carboxylic acid groups (broad SMARTS) is 1. The molecule has 5 nitrogen and oxygen atoms in total. The summed E-state index contributed by atoms with van der Waals surface area (Å²) in [5.74, 6) is 0.277. The van der Waals surface area contributed by atoms with E-state index in [0.29, 0.717) is 30.4 Å². The van der Waals surface area contributed by atoms with E-state index in [1.54, 1.807) is 4.90 Å². The molecule has 18 heavy (non-hydrogen) atoms. The van der Waals surface area contributed by atoms with Gasteiger partial charge in [-0.3, -0.25) is 9.59 Å². The number of piperidine rings is 1. The first-order valence-electron chi connectivity index (χ1n) is 6.07. The Morgan fingerprint density at radius 1 is 1.50 bits per heavy atom. The number of nitriles is 1. The quantitative estimate of drug-likeness (QED) is 0.737. The summed E-state index contributed by atoms with van der Waals surface area (Å²) >= 11 is 1.33. The van der Waals surface area contributed by atoms with Gasteiger partial charge in [-0.15, -0.1) is 11.8 Å². The molecule has 0 bridgehead atoms. The standard InChI is InChI=1S/C12H18N2O3S/c13-5-7-18-9-11(15)14-6-1-2-10(8-14)3-4-12(16)17/h10H,1-4,6-9H2,(H,16,17). The summed E-state index contributed by atoms with van der Waals surface area (Å²) < 4.78 is 0. The maximum atomic E-state index is 11.8. The molecular formula is C12H18N2O3S. The van der Waals surface area contributed by atoms with Crippen LogP contribution in [0.5, 0.6) is 0 Å². The molecule has 0 aliphatic carbocycles. The maximum Gasteiger partial charge on any atom is 0.303 e. The molecule has 100 valence electrons. The Hall–Kier alpha value is -1.22. The molecule has 1 amide bonds. The largest absolute Gasteiger partial charge is 0.481 e. The fourth-order valence-electron chi connectivity index (χ4n) is 2.13. The molecule has 1 unspecified atom stereocenters. The number of rotatable bonds is 6. The van der Waals surface area contributed by atoms with Crippen LogP contribution < -0.4 is 0 Å². The number of hydrogen-bond donors (Lipinski definition) is 1. The summed E-state index contributed by atoms with van der Waals surface area (Å²) in [6, 6.07) is 1.99. The Balaban J connectivity index is 2.31. The molecule has 0 radical (unpaired) electrons. The zero-order valence-corrected chi connectivity index (χ0v) is 11.1. The molecular weight excluding hydrogens is 252 g/mol. The molecule has 1 fully saturated rings. The second-order valence-corrected chi connectivity index (χ2v) is 5.42. The zero-order chi connectivity index (χ0) is 13.4. The molecule has 1 aliphatic heterocycles. The van der Waals surface area contributed by atoms with Gasteiger partial charge in [-0.1, -0.05) is 0 Å². The highest BCUT2D eigenvalue weighted by atomic mass is 32.2. The fraction of sp³-hybridized carbons (Fsp3) is 0.750. The highest BCUT2D eigenvalue weighted by Gasteiger charge is 2.23. The van der Waals surface area contributed by atoms with Gasteiger partial charge in [0.15, 0.2) is 0 Å². The van der Waals surface area contributed by atoms with Crippen molar-refractivity contribution in [3.63, 3.8) is 0 Å². The summed E-state index contributed by atoms with van der Waals surface area (Å²) in [6.07, 6.45) is 2.77. The first kappa shape index (κ1) is 14.8. The van der Waals surface area contributed by atoms with Crippen molar-refractivity contribution >= 4 is 23.6 Å². The van der Waals surface area contributed by atoms with Crippen LogP contribution in [0.1, 0.15) is 25.7 Å². The fourth-order valence-corrected chi connectivity index (χ4v) is 2.68. The van der Waals surface area contributed by atoms with Crippen molar-refractivity contribution in [3.05, 3.63) is 0 Å². The number of carboxylic acids is 1. The third-order valence-corrected chi connectivity index (χ3v) is 3.81. The van der Waals surface area contributed by atoms with E-state index in [4.69, 9.17) is 10.4 Å². The number of hydrogen-bond acceptors (Lipinski definition) is 4. The Bertz CT molecular complexity index is 341. The Morgan fingerprint density at radius 3 is 2.94 bits per heavy atom. The first-order valence-corrected chi connectivity index (χ1v) is 7.23. The van der Waals surface area contributed by atoms with Gasteiger partial charge < -0.3 is 10.0 Å². The minimum Gasteiger partial charge on any atom is -0.481 e. The summed E-state index contributed by atoms with van der Waals surface area (Å²) in [6.45, 7) is 1.43. The van der Waals surface area contributed by atoms with E-state index in [1.165, 1.54) is 11.8 Å². The number of thioether (sulfide) groups is 1. The average Bonchev–Trinajstić information content (AvgIpc) is 2.37. The van der Waals surface area contributed by atoms with Crippen LogP contribution in [0.2, 0.25) is 0 Å². The summed E-state index contributed by atoms with van der Waals surface area (Å²) in [5.41, 5.74) is 0. The van der Waals surface area contributed by atoms with Gasteiger partial charge in [-0.05, 0) is 25.2 Å². The lowest BCUT2D eigenvalue weighted by atomic mass is 9.93. The molecule has 0 aromatic rings. The van der Waals surface area contributed by atoms with E-state index < -0.39 is 5.97 Å². The topological polar surface area (TPSA) is 81.4 Å². The number of aliphatic carboxylic acids is 1. The molecule has 0 aromatic carbocycles. The number of amides is 1. The Labute approximate surface area is 111 Å². The normalized spacial score (nSPS) is 19.3. The highest BCUT2D eigenvalue weighted by Crippen LogP contribution is 2.21. The van der Waals surface area contributed by atoms with Crippen molar-refractivity contribution < 1.29 is 14.7 Å². The van der Waals surface area contributed by atoms with Crippen LogP contribution in [-0.2, 0) is 9.59 Å². The van der Waals surface area contributed by atoms with Crippen LogP contribution in [0, 0.1) is 17.2 Å². The monoisotopic (exact) mass is 270 g/mol. The minimum atomic E-state index is -0.775. The maximum absolute atomic E-state index is 11.8. The van der Waals surface area contributed by atoms with Gasteiger partial charge in [0.1, 0.15) is 0 Å². The molecule has 1 N–H and O–H groups in total. The molecule has 1 aliphatic rings. The molecule has 0 spiro atoms. The number of nitrogens with zero attached hydrogens (tertiary/aromatic N) is 2. The summed E-state index contributed by atoms with van der Waals surface area (Å²) in [5, 5.41) is 17.1. The second-order valence-electron chi connectivity index (χ2n) is 4.43. The van der Waals surface area contributed by atoms with E-state index in [1.807, 2.05) is 6.07 Å². The Kier molecular flexibility index (Phi) is 6.58. The predicted molar refractivity (Wildman–Crippen MR) is 69.1 cm³/mol. The molecule has 6 heteroatoms. The van der Waals surface area contributed by atoms with E-state index >= 15 is 0 Å². The van der Waals surface area contributed by atoms with Gasteiger partial charge in [-0.2, -0.15) is 5.26 Å². The third kappa shape index (κ3) is 5.41. The lowest BCUT2D eigenvalue weighted by Crippen LogP contribution is -2.41. The summed E-state index contributed by atoms with van der Waals surface area (Å²) in [4.78, 5) is 24.2. The van der Waals surface area contributed by atoms with E-state index in [9.17, 15) is 9.59 Å².